The first-order valence-corrected chi connectivity index (χ1v) is 6.05. The van der Waals surface area contributed by atoms with Crippen LogP contribution in [0.2, 0.25) is 0 Å². The zero-order valence-electron chi connectivity index (χ0n) is 12.8. The molecule has 1 rings (SSSR count). The lowest BCUT2D eigenvalue weighted by atomic mass is 9.80. The molecule has 1 aliphatic heterocycles. The van der Waals surface area contributed by atoms with Crippen LogP contribution in [0.1, 0.15) is 0 Å². The van der Waals surface area contributed by atoms with Crippen molar-refractivity contribution in [2.75, 3.05) is 35.5 Å². The third-order valence-corrected chi connectivity index (χ3v) is 3.40. The molecule has 0 aromatic heterocycles. The van der Waals surface area contributed by atoms with E-state index in [0.717, 1.165) is 33.5 Å². The predicted octanol–water partition coefficient (Wildman–Crippen LogP) is -1.72. The molecule has 0 aromatic rings. The van der Waals surface area contributed by atoms with Gasteiger partial charge in [0.2, 0.25) is 0 Å². The summed E-state index contributed by atoms with van der Waals surface area (Å²) >= 11 is 0. The minimum absolute atomic E-state index is 0.744. The first-order valence-electron chi connectivity index (χ1n) is 6.05. The average Bonchev–Trinajstić information content (AvgIpc) is 2.85. The Labute approximate surface area is 126 Å². The zero-order chi connectivity index (χ0) is 17.1. The van der Waals surface area contributed by atoms with E-state index in [1.807, 2.05) is 0 Å². The maximum atomic E-state index is 12.2. The molecule has 2 atom stereocenters. The molecule has 0 radical (unpaired) electrons. The van der Waals surface area contributed by atoms with Gasteiger partial charge in [-0.1, -0.05) is 0 Å². The molecule has 1 saturated heterocycles. The van der Waals surface area contributed by atoms with Gasteiger partial charge in [0.1, 0.15) is 5.92 Å². The van der Waals surface area contributed by atoms with E-state index in [-0.39, 0.29) is 0 Å². The largest absolute Gasteiger partial charge is 0.469 e. The number of likely N-dealkylation sites (N-methyl/N-ethyl adjacent to an activating group) is 1. The second-order valence-electron chi connectivity index (χ2n) is 4.30. The Morgan fingerprint density at radius 1 is 0.864 bits per heavy atom. The molecule has 1 aliphatic rings. The molecule has 0 N–H and O–H groups in total. The van der Waals surface area contributed by atoms with Crippen LogP contribution in [0.25, 0.3) is 0 Å². The molecular formula is C12H17NO9. The number of carbonyl (C=O) groups excluding carboxylic acids is 4. The Morgan fingerprint density at radius 3 is 1.68 bits per heavy atom. The SMILES string of the molecule is COC(=O)[C@@H]1ON(C)C(C(=O)OC)(C(=O)OC)[C@H]1C(=O)OC. The fourth-order valence-corrected chi connectivity index (χ4v) is 2.35. The van der Waals surface area contributed by atoms with Gasteiger partial charge in [-0.15, -0.1) is 0 Å². The molecule has 0 aliphatic carbocycles. The summed E-state index contributed by atoms with van der Waals surface area (Å²) in [7, 11) is 5.32. The number of methoxy groups -OCH3 is 4. The number of nitrogens with zero attached hydrogens (tertiary/aromatic N) is 1. The number of rotatable bonds is 4. The Balaban J connectivity index is 3.55. The molecule has 10 heteroatoms. The van der Waals surface area contributed by atoms with Crippen molar-refractivity contribution < 1.29 is 43.0 Å². The Bertz CT molecular complexity index is 473. The van der Waals surface area contributed by atoms with Gasteiger partial charge in [0, 0.05) is 7.05 Å². The second-order valence-corrected chi connectivity index (χ2v) is 4.30. The first kappa shape index (κ1) is 17.9. The number of ether oxygens (including phenoxy) is 4. The monoisotopic (exact) mass is 319 g/mol. The standard InChI is InChI=1S/C12H17NO9/c1-13-12(10(16)20-4,11(17)21-5)6(8(14)18-2)7(22-13)9(15)19-3/h6-7H,1-5H3/t6-,7-/m1/s1. The van der Waals surface area contributed by atoms with Crippen LogP contribution in [0, 0.1) is 5.92 Å². The smallest absolute Gasteiger partial charge is 0.341 e. The Kier molecular flexibility index (Phi) is 5.44. The first-order chi connectivity index (χ1) is 10.3. The summed E-state index contributed by atoms with van der Waals surface area (Å²) in [5, 5.41) is 0.744. The van der Waals surface area contributed by atoms with E-state index in [9.17, 15) is 19.2 Å². The average molecular weight is 319 g/mol. The predicted molar refractivity (Wildman–Crippen MR) is 66.9 cm³/mol. The molecular weight excluding hydrogens is 302 g/mol. The van der Waals surface area contributed by atoms with Gasteiger partial charge in [0.15, 0.2) is 6.10 Å². The van der Waals surface area contributed by atoms with E-state index < -0.39 is 41.4 Å². The van der Waals surface area contributed by atoms with Gasteiger partial charge in [-0.05, 0) is 0 Å². The van der Waals surface area contributed by atoms with Crippen molar-refractivity contribution in [3.63, 3.8) is 0 Å². The van der Waals surface area contributed by atoms with Crippen molar-refractivity contribution in [1.82, 2.24) is 5.06 Å². The van der Waals surface area contributed by atoms with Crippen LogP contribution in [-0.4, -0.2) is 76.1 Å². The lowest BCUT2D eigenvalue weighted by molar-refractivity contribution is -0.207. The fraction of sp³-hybridized carbons (Fsp3) is 0.667. The molecule has 22 heavy (non-hydrogen) atoms. The summed E-state index contributed by atoms with van der Waals surface area (Å²) in [5.74, 6) is -5.92. The van der Waals surface area contributed by atoms with Gasteiger partial charge < -0.3 is 18.9 Å². The van der Waals surface area contributed by atoms with Crippen LogP contribution in [0.15, 0.2) is 0 Å². The van der Waals surface area contributed by atoms with Crippen molar-refractivity contribution in [2.45, 2.75) is 11.6 Å². The maximum absolute atomic E-state index is 12.2. The molecule has 0 amide bonds. The quantitative estimate of drug-likeness (QED) is 0.336. The highest BCUT2D eigenvalue weighted by atomic mass is 16.7. The number of hydroxylamine groups is 2. The number of carbonyl (C=O) groups is 4. The van der Waals surface area contributed by atoms with Gasteiger partial charge in [0.05, 0.1) is 28.4 Å². The molecule has 1 heterocycles. The normalized spacial score (nSPS) is 23.5. The van der Waals surface area contributed by atoms with Gasteiger partial charge in [-0.25, -0.2) is 14.4 Å². The second kappa shape index (κ2) is 6.71. The summed E-state index contributed by atoms with van der Waals surface area (Å²) in [6.45, 7) is 0. The minimum atomic E-state index is -2.32. The lowest BCUT2D eigenvalue weighted by Crippen LogP contribution is -2.62. The van der Waals surface area contributed by atoms with Crippen LogP contribution in [0.3, 0.4) is 0 Å². The van der Waals surface area contributed by atoms with Crippen LogP contribution in [0.5, 0.6) is 0 Å². The molecule has 1 fully saturated rings. The Morgan fingerprint density at radius 2 is 1.32 bits per heavy atom. The number of hydrogen-bond acceptors (Lipinski definition) is 10. The third-order valence-electron chi connectivity index (χ3n) is 3.40. The third kappa shape index (κ3) is 2.40. The Hall–Kier alpha value is -2.20. The fourth-order valence-electron chi connectivity index (χ4n) is 2.35. The van der Waals surface area contributed by atoms with E-state index in [4.69, 9.17) is 4.84 Å². The van der Waals surface area contributed by atoms with Crippen LogP contribution in [-0.2, 0) is 43.0 Å². The van der Waals surface area contributed by atoms with Crippen LogP contribution < -0.4 is 0 Å². The summed E-state index contributed by atoms with van der Waals surface area (Å²) in [5.41, 5.74) is -2.32. The molecule has 10 nitrogen and oxygen atoms in total. The van der Waals surface area contributed by atoms with Crippen LogP contribution >= 0.6 is 0 Å². The van der Waals surface area contributed by atoms with E-state index in [1.54, 1.807) is 0 Å². The van der Waals surface area contributed by atoms with Crippen molar-refractivity contribution in [1.29, 1.82) is 0 Å². The summed E-state index contributed by atoms with van der Waals surface area (Å²) in [6, 6.07) is 0. The van der Waals surface area contributed by atoms with Gasteiger partial charge in [0.25, 0.3) is 5.54 Å². The number of hydrogen-bond donors (Lipinski definition) is 0. The molecule has 0 unspecified atom stereocenters. The highest BCUT2D eigenvalue weighted by molar-refractivity contribution is 6.10. The van der Waals surface area contributed by atoms with E-state index in [0.29, 0.717) is 0 Å². The highest BCUT2D eigenvalue weighted by Crippen LogP contribution is 2.39. The summed E-state index contributed by atoms with van der Waals surface area (Å²) < 4.78 is 18.3. The molecule has 124 valence electrons. The minimum Gasteiger partial charge on any atom is -0.469 e. The molecule has 0 bridgehead atoms. The topological polar surface area (TPSA) is 118 Å². The van der Waals surface area contributed by atoms with Crippen molar-refractivity contribution in [3.8, 4) is 0 Å². The number of esters is 4. The summed E-state index contributed by atoms with van der Waals surface area (Å²) in [4.78, 5) is 53.5. The van der Waals surface area contributed by atoms with E-state index in [2.05, 4.69) is 18.9 Å². The highest BCUT2D eigenvalue weighted by Gasteiger charge is 2.71. The molecule has 0 saturated carbocycles. The van der Waals surface area contributed by atoms with Crippen molar-refractivity contribution >= 4 is 23.9 Å². The van der Waals surface area contributed by atoms with E-state index in [1.165, 1.54) is 7.05 Å². The molecule has 0 spiro atoms. The maximum Gasteiger partial charge on any atom is 0.341 e. The van der Waals surface area contributed by atoms with Crippen molar-refractivity contribution in [3.05, 3.63) is 0 Å². The van der Waals surface area contributed by atoms with Gasteiger partial charge in [-0.2, -0.15) is 5.06 Å². The van der Waals surface area contributed by atoms with Crippen LogP contribution in [0.4, 0.5) is 0 Å². The van der Waals surface area contributed by atoms with Gasteiger partial charge in [-0.3, -0.25) is 9.63 Å². The summed E-state index contributed by atoms with van der Waals surface area (Å²) in [6.07, 6.45) is -1.57. The lowest BCUT2D eigenvalue weighted by Gasteiger charge is -2.31. The molecule has 0 aromatic carbocycles. The van der Waals surface area contributed by atoms with Gasteiger partial charge >= 0.3 is 23.9 Å². The van der Waals surface area contributed by atoms with E-state index >= 15 is 0 Å². The van der Waals surface area contributed by atoms with Crippen molar-refractivity contribution in [2.24, 2.45) is 5.92 Å². The zero-order valence-corrected chi connectivity index (χ0v) is 12.8.